The topological polar surface area (TPSA) is 58.0 Å². The number of rotatable bonds is 5. The Morgan fingerprint density at radius 2 is 1.94 bits per heavy atom. The van der Waals surface area contributed by atoms with Gasteiger partial charge < -0.3 is 10.4 Å². The third-order valence-corrected chi connectivity index (χ3v) is 2.74. The maximum Gasteiger partial charge on any atom is 0.129 e. The minimum atomic E-state index is 0.301. The number of benzene rings is 1. The fraction of sp³-hybridized carbons (Fsp3) is 0.286. The summed E-state index contributed by atoms with van der Waals surface area (Å²) < 4.78 is 0. The molecule has 0 unspecified atom stereocenters. The van der Waals surface area contributed by atoms with Crippen LogP contribution in [0.3, 0.4) is 0 Å². The Bertz CT molecular complexity index is 497. The van der Waals surface area contributed by atoms with Gasteiger partial charge in [0.1, 0.15) is 17.9 Å². The monoisotopic (exact) mass is 243 g/mol. The summed E-state index contributed by atoms with van der Waals surface area (Å²) in [5.74, 6) is 1.16. The van der Waals surface area contributed by atoms with Crippen molar-refractivity contribution >= 4 is 5.82 Å². The lowest BCUT2D eigenvalue weighted by Crippen LogP contribution is -2.07. The number of phenols is 1. The summed E-state index contributed by atoms with van der Waals surface area (Å²) in [4.78, 5) is 8.33. The fourth-order valence-electron chi connectivity index (χ4n) is 1.69. The molecule has 2 aromatic rings. The molecular formula is C14H17N3O. The number of hydrogen-bond donors (Lipinski definition) is 2. The Kier molecular flexibility index (Phi) is 4.12. The zero-order valence-corrected chi connectivity index (χ0v) is 10.4. The van der Waals surface area contributed by atoms with Crippen molar-refractivity contribution in [3.8, 4) is 5.75 Å². The Labute approximate surface area is 107 Å². The second-order valence-electron chi connectivity index (χ2n) is 4.09. The molecule has 0 aliphatic rings. The van der Waals surface area contributed by atoms with Gasteiger partial charge in [0, 0.05) is 18.3 Å². The summed E-state index contributed by atoms with van der Waals surface area (Å²) >= 11 is 0. The first-order valence-electron chi connectivity index (χ1n) is 6.10. The van der Waals surface area contributed by atoms with Gasteiger partial charge in [0.25, 0.3) is 0 Å². The zero-order chi connectivity index (χ0) is 12.8. The highest BCUT2D eigenvalue weighted by molar-refractivity contribution is 5.35. The Morgan fingerprint density at radius 3 is 2.67 bits per heavy atom. The van der Waals surface area contributed by atoms with Gasteiger partial charge in [0.05, 0.1) is 0 Å². The smallest absolute Gasteiger partial charge is 0.129 e. The van der Waals surface area contributed by atoms with Gasteiger partial charge in [0.15, 0.2) is 0 Å². The molecule has 4 nitrogen and oxygen atoms in total. The van der Waals surface area contributed by atoms with Crippen LogP contribution in [0.25, 0.3) is 0 Å². The molecule has 18 heavy (non-hydrogen) atoms. The maximum absolute atomic E-state index is 9.19. The number of hydrogen-bond acceptors (Lipinski definition) is 4. The number of aryl methyl sites for hydroxylation is 1. The molecule has 0 bridgehead atoms. The summed E-state index contributed by atoms with van der Waals surface area (Å²) in [7, 11) is 0. The van der Waals surface area contributed by atoms with E-state index in [2.05, 4.69) is 22.2 Å². The van der Waals surface area contributed by atoms with Crippen molar-refractivity contribution in [3.63, 3.8) is 0 Å². The quantitative estimate of drug-likeness (QED) is 0.846. The van der Waals surface area contributed by atoms with Crippen LogP contribution in [0.4, 0.5) is 5.82 Å². The number of aromatic hydroxyl groups is 1. The standard InChI is InChI=1S/C14H17N3O/c1-2-12-9-14(17-10-16-12)15-8-7-11-3-5-13(18)6-4-11/h3-6,9-10,18H,2,7-8H2,1H3,(H,15,16,17). The van der Waals surface area contributed by atoms with E-state index in [1.165, 1.54) is 5.56 Å². The maximum atomic E-state index is 9.19. The summed E-state index contributed by atoms with van der Waals surface area (Å²) in [5, 5.41) is 12.5. The first-order valence-corrected chi connectivity index (χ1v) is 6.10. The number of anilines is 1. The predicted octanol–water partition coefficient (Wildman–Crippen LogP) is 2.40. The summed E-state index contributed by atoms with van der Waals surface area (Å²) in [6, 6.07) is 9.23. The Hall–Kier alpha value is -2.10. The molecule has 0 saturated heterocycles. The third kappa shape index (κ3) is 3.45. The average molecular weight is 243 g/mol. The normalized spacial score (nSPS) is 10.3. The lowest BCUT2D eigenvalue weighted by Gasteiger charge is -2.06. The predicted molar refractivity (Wildman–Crippen MR) is 71.7 cm³/mol. The lowest BCUT2D eigenvalue weighted by molar-refractivity contribution is 0.475. The van der Waals surface area contributed by atoms with Crippen molar-refractivity contribution in [2.75, 3.05) is 11.9 Å². The van der Waals surface area contributed by atoms with Crippen LogP contribution in [0.5, 0.6) is 5.75 Å². The first kappa shape index (κ1) is 12.4. The molecule has 0 aliphatic heterocycles. The highest BCUT2D eigenvalue weighted by Crippen LogP contribution is 2.10. The molecule has 1 heterocycles. The summed E-state index contributed by atoms with van der Waals surface area (Å²) in [6.07, 6.45) is 3.39. The van der Waals surface area contributed by atoms with Crippen LogP contribution >= 0.6 is 0 Å². The van der Waals surface area contributed by atoms with Crippen LogP contribution in [-0.4, -0.2) is 21.6 Å². The molecule has 0 aliphatic carbocycles. The molecule has 1 aromatic heterocycles. The number of aromatic nitrogens is 2. The lowest BCUT2D eigenvalue weighted by atomic mass is 10.1. The van der Waals surface area contributed by atoms with E-state index < -0.39 is 0 Å². The van der Waals surface area contributed by atoms with E-state index in [1.807, 2.05) is 18.2 Å². The van der Waals surface area contributed by atoms with Crippen LogP contribution in [0, 0.1) is 0 Å². The van der Waals surface area contributed by atoms with Crippen molar-refractivity contribution in [1.29, 1.82) is 0 Å². The molecule has 1 aromatic carbocycles. The van der Waals surface area contributed by atoms with Gasteiger partial charge in [-0.05, 0) is 30.5 Å². The van der Waals surface area contributed by atoms with Gasteiger partial charge >= 0.3 is 0 Å². The first-order chi connectivity index (χ1) is 8.78. The van der Waals surface area contributed by atoms with E-state index in [9.17, 15) is 5.11 Å². The van der Waals surface area contributed by atoms with E-state index in [1.54, 1.807) is 18.5 Å². The van der Waals surface area contributed by atoms with Gasteiger partial charge in [-0.1, -0.05) is 19.1 Å². The van der Waals surface area contributed by atoms with Crippen LogP contribution in [0.2, 0.25) is 0 Å². The van der Waals surface area contributed by atoms with Crippen molar-refractivity contribution in [3.05, 3.63) is 47.9 Å². The highest BCUT2D eigenvalue weighted by atomic mass is 16.3. The molecule has 0 radical (unpaired) electrons. The zero-order valence-electron chi connectivity index (χ0n) is 10.4. The molecule has 0 saturated carbocycles. The molecule has 2 rings (SSSR count). The molecule has 0 amide bonds. The van der Waals surface area contributed by atoms with E-state index in [-0.39, 0.29) is 0 Å². The van der Waals surface area contributed by atoms with Crippen molar-refractivity contribution in [1.82, 2.24) is 9.97 Å². The van der Waals surface area contributed by atoms with E-state index >= 15 is 0 Å². The number of nitrogens with one attached hydrogen (secondary N) is 1. The van der Waals surface area contributed by atoms with Crippen LogP contribution < -0.4 is 5.32 Å². The van der Waals surface area contributed by atoms with Crippen molar-refractivity contribution < 1.29 is 5.11 Å². The van der Waals surface area contributed by atoms with Crippen LogP contribution in [0.1, 0.15) is 18.2 Å². The van der Waals surface area contributed by atoms with Crippen LogP contribution in [0.15, 0.2) is 36.7 Å². The van der Waals surface area contributed by atoms with E-state index in [0.29, 0.717) is 5.75 Å². The minimum Gasteiger partial charge on any atom is -0.508 e. The molecule has 0 spiro atoms. The molecule has 2 N–H and O–H groups in total. The van der Waals surface area contributed by atoms with Gasteiger partial charge in [0.2, 0.25) is 0 Å². The molecular weight excluding hydrogens is 226 g/mol. The van der Waals surface area contributed by atoms with Crippen molar-refractivity contribution in [2.24, 2.45) is 0 Å². The Morgan fingerprint density at radius 1 is 1.17 bits per heavy atom. The van der Waals surface area contributed by atoms with Gasteiger partial charge in [-0.2, -0.15) is 0 Å². The Balaban J connectivity index is 1.86. The number of nitrogens with zero attached hydrogens (tertiary/aromatic N) is 2. The van der Waals surface area contributed by atoms with Gasteiger partial charge in [-0.15, -0.1) is 0 Å². The largest absolute Gasteiger partial charge is 0.508 e. The molecule has 0 fully saturated rings. The van der Waals surface area contributed by atoms with Crippen LogP contribution in [-0.2, 0) is 12.8 Å². The summed E-state index contributed by atoms with van der Waals surface area (Å²) in [5.41, 5.74) is 2.22. The molecule has 4 heteroatoms. The summed E-state index contributed by atoms with van der Waals surface area (Å²) in [6.45, 7) is 2.88. The van der Waals surface area contributed by atoms with E-state index in [4.69, 9.17) is 0 Å². The highest BCUT2D eigenvalue weighted by Gasteiger charge is 1.97. The van der Waals surface area contributed by atoms with E-state index in [0.717, 1.165) is 30.9 Å². The second-order valence-corrected chi connectivity index (χ2v) is 4.09. The SMILES string of the molecule is CCc1cc(NCCc2ccc(O)cc2)ncn1. The minimum absolute atomic E-state index is 0.301. The van der Waals surface area contributed by atoms with Gasteiger partial charge in [-0.3, -0.25) is 0 Å². The molecule has 0 atom stereocenters. The fourth-order valence-corrected chi connectivity index (χ4v) is 1.69. The van der Waals surface area contributed by atoms with Crippen molar-refractivity contribution in [2.45, 2.75) is 19.8 Å². The second kappa shape index (κ2) is 6.00. The van der Waals surface area contributed by atoms with Gasteiger partial charge in [-0.25, -0.2) is 9.97 Å². The average Bonchev–Trinajstić information content (AvgIpc) is 2.41. The third-order valence-electron chi connectivity index (χ3n) is 2.74. The number of phenolic OH excluding ortho intramolecular Hbond substituents is 1. The molecule has 94 valence electrons.